The van der Waals surface area contributed by atoms with Crippen LogP contribution in [0.5, 0.6) is 0 Å². The molecule has 5 heteroatoms. The number of pyridine rings is 1. The molecule has 3 N–H and O–H groups in total. The van der Waals surface area contributed by atoms with Crippen LogP contribution in [0.1, 0.15) is 29.3 Å². The van der Waals surface area contributed by atoms with E-state index in [1.807, 2.05) is 11.3 Å². The van der Waals surface area contributed by atoms with Gasteiger partial charge in [-0.25, -0.2) is 4.98 Å². The minimum Gasteiger partial charge on any atom is -0.396 e. The maximum atomic E-state index is 5.92. The lowest BCUT2D eigenvalue weighted by Crippen LogP contribution is -2.17. The average Bonchev–Trinajstić information content (AvgIpc) is 2.83. The lowest BCUT2D eigenvalue weighted by atomic mass is 9.94. The van der Waals surface area contributed by atoms with Gasteiger partial charge in [-0.15, -0.1) is 11.3 Å². The number of halogens is 1. The van der Waals surface area contributed by atoms with Gasteiger partial charge >= 0.3 is 0 Å². The molecule has 0 saturated heterocycles. The molecule has 94 valence electrons. The van der Waals surface area contributed by atoms with Crippen molar-refractivity contribution in [3.8, 4) is 0 Å². The molecule has 1 atom stereocenters. The van der Waals surface area contributed by atoms with Gasteiger partial charge in [-0.1, -0.05) is 11.6 Å². The van der Waals surface area contributed by atoms with E-state index < -0.39 is 0 Å². The van der Waals surface area contributed by atoms with Crippen molar-refractivity contribution in [1.29, 1.82) is 0 Å². The second-order valence-electron chi connectivity index (χ2n) is 4.46. The Hall–Kier alpha value is -1.26. The Balaban J connectivity index is 1.88. The molecule has 2 aromatic heterocycles. The Morgan fingerprint density at radius 2 is 2.28 bits per heavy atom. The van der Waals surface area contributed by atoms with E-state index in [2.05, 4.69) is 21.7 Å². The van der Waals surface area contributed by atoms with Gasteiger partial charge in [-0.2, -0.15) is 0 Å². The summed E-state index contributed by atoms with van der Waals surface area (Å²) in [5, 5.41) is 6.04. The zero-order valence-electron chi connectivity index (χ0n) is 9.82. The summed E-state index contributed by atoms with van der Waals surface area (Å²) < 4.78 is 0. The van der Waals surface area contributed by atoms with Gasteiger partial charge in [-0.3, -0.25) is 0 Å². The van der Waals surface area contributed by atoms with E-state index in [1.165, 1.54) is 23.3 Å². The monoisotopic (exact) mass is 279 g/mol. The van der Waals surface area contributed by atoms with E-state index in [9.17, 15) is 0 Å². The Labute approximate surface area is 115 Å². The van der Waals surface area contributed by atoms with Crippen molar-refractivity contribution in [3.63, 3.8) is 0 Å². The number of hydrogen-bond acceptors (Lipinski definition) is 4. The van der Waals surface area contributed by atoms with Gasteiger partial charge in [0.2, 0.25) is 0 Å². The zero-order chi connectivity index (χ0) is 12.5. The van der Waals surface area contributed by atoms with Crippen molar-refractivity contribution in [2.24, 2.45) is 0 Å². The third kappa shape index (κ3) is 2.18. The van der Waals surface area contributed by atoms with Gasteiger partial charge in [0.15, 0.2) is 5.82 Å². The van der Waals surface area contributed by atoms with Gasteiger partial charge in [0.05, 0.1) is 11.7 Å². The molecule has 0 radical (unpaired) electrons. The summed E-state index contributed by atoms with van der Waals surface area (Å²) in [4.78, 5) is 5.73. The van der Waals surface area contributed by atoms with Crippen LogP contribution in [-0.4, -0.2) is 4.98 Å². The maximum absolute atomic E-state index is 5.92. The minimum absolute atomic E-state index is 0.299. The molecule has 1 unspecified atom stereocenters. The zero-order valence-corrected chi connectivity index (χ0v) is 11.4. The molecule has 1 aliphatic carbocycles. The number of nitrogens with one attached hydrogen (secondary N) is 1. The van der Waals surface area contributed by atoms with Crippen LogP contribution >= 0.6 is 22.9 Å². The number of anilines is 2. The Morgan fingerprint density at radius 1 is 1.39 bits per heavy atom. The SMILES string of the molecule is Nc1ccc(Cl)nc1NC1CCCc2sccc21. The molecule has 3 nitrogen and oxygen atoms in total. The first-order valence-electron chi connectivity index (χ1n) is 5.99. The molecule has 0 amide bonds. The molecule has 0 spiro atoms. The molecule has 0 saturated carbocycles. The molecule has 3 rings (SSSR count). The topological polar surface area (TPSA) is 50.9 Å². The van der Waals surface area contributed by atoms with Crippen molar-refractivity contribution in [2.45, 2.75) is 25.3 Å². The minimum atomic E-state index is 0.299. The van der Waals surface area contributed by atoms with Gasteiger partial charge in [0.25, 0.3) is 0 Å². The molecule has 0 aliphatic heterocycles. The van der Waals surface area contributed by atoms with E-state index >= 15 is 0 Å². The summed E-state index contributed by atoms with van der Waals surface area (Å²) in [7, 11) is 0. The average molecular weight is 280 g/mol. The molecular weight excluding hydrogens is 266 g/mol. The summed E-state index contributed by atoms with van der Waals surface area (Å²) in [6.07, 6.45) is 3.49. The molecule has 0 fully saturated rings. The van der Waals surface area contributed by atoms with Gasteiger partial charge in [0.1, 0.15) is 5.15 Å². The highest BCUT2D eigenvalue weighted by atomic mass is 35.5. The number of rotatable bonds is 2. The lowest BCUT2D eigenvalue weighted by molar-refractivity contribution is 0.607. The highest BCUT2D eigenvalue weighted by Crippen LogP contribution is 2.36. The number of nitrogens with two attached hydrogens (primary N) is 1. The van der Waals surface area contributed by atoms with Crippen LogP contribution in [-0.2, 0) is 6.42 Å². The Bertz CT molecular complexity index is 567. The molecule has 0 aromatic carbocycles. The van der Waals surface area contributed by atoms with Gasteiger partial charge in [-0.05, 0) is 48.4 Å². The largest absolute Gasteiger partial charge is 0.396 e. The summed E-state index contributed by atoms with van der Waals surface area (Å²) in [6, 6.07) is 5.99. The summed E-state index contributed by atoms with van der Waals surface area (Å²) in [5.41, 5.74) is 7.94. The van der Waals surface area contributed by atoms with Gasteiger partial charge < -0.3 is 11.1 Å². The number of nitrogen functional groups attached to an aromatic ring is 1. The van der Waals surface area contributed by atoms with Crippen LogP contribution in [0.3, 0.4) is 0 Å². The standard InChI is InChI=1S/C13H14ClN3S/c14-12-5-4-9(15)13(17-12)16-10-2-1-3-11-8(10)6-7-18-11/h4-7,10H,1-3,15H2,(H,16,17). The lowest BCUT2D eigenvalue weighted by Gasteiger charge is -2.24. The predicted molar refractivity (Wildman–Crippen MR) is 77.3 cm³/mol. The van der Waals surface area contributed by atoms with E-state index in [1.54, 1.807) is 12.1 Å². The van der Waals surface area contributed by atoms with Crippen LogP contribution in [0.25, 0.3) is 0 Å². The van der Waals surface area contributed by atoms with Crippen molar-refractivity contribution in [3.05, 3.63) is 39.2 Å². The highest BCUT2D eigenvalue weighted by molar-refractivity contribution is 7.10. The molecule has 2 heterocycles. The van der Waals surface area contributed by atoms with Crippen LogP contribution in [0.2, 0.25) is 5.15 Å². The maximum Gasteiger partial charge on any atom is 0.151 e. The summed E-state index contributed by atoms with van der Waals surface area (Å²) >= 11 is 7.74. The van der Waals surface area contributed by atoms with Crippen molar-refractivity contribution in [1.82, 2.24) is 4.98 Å². The molecule has 1 aliphatic rings. The van der Waals surface area contributed by atoms with Crippen molar-refractivity contribution < 1.29 is 0 Å². The normalized spacial score (nSPS) is 18.4. The molecule has 2 aromatic rings. The first-order valence-corrected chi connectivity index (χ1v) is 7.24. The first-order chi connectivity index (χ1) is 8.74. The second-order valence-corrected chi connectivity index (χ2v) is 5.85. The van der Waals surface area contributed by atoms with Crippen LogP contribution in [0.15, 0.2) is 23.6 Å². The first kappa shape index (κ1) is 11.8. The van der Waals surface area contributed by atoms with E-state index in [0.29, 0.717) is 22.7 Å². The fraction of sp³-hybridized carbons (Fsp3) is 0.308. The van der Waals surface area contributed by atoms with Crippen molar-refractivity contribution >= 4 is 34.4 Å². The number of thiophene rings is 1. The van der Waals surface area contributed by atoms with Crippen LogP contribution in [0.4, 0.5) is 11.5 Å². The fourth-order valence-corrected chi connectivity index (χ4v) is 3.50. The quantitative estimate of drug-likeness (QED) is 0.821. The second kappa shape index (κ2) is 4.78. The molecular formula is C13H14ClN3S. The van der Waals surface area contributed by atoms with E-state index in [4.69, 9.17) is 17.3 Å². The fourth-order valence-electron chi connectivity index (χ4n) is 2.36. The number of nitrogens with zero attached hydrogens (tertiary/aromatic N) is 1. The van der Waals surface area contributed by atoms with E-state index in [-0.39, 0.29) is 0 Å². The van der Waals surface area contributed by atoms with Gasteiger partial charge in [0, 0.05) is 4.88 Å². The number of aryl methyl sites for hydroxylation is 1. The number of aromatic nitrogens is 1. The molecule has 18 heavy (non-hydrogen) atoms. The van der Waals surface area contributed by atoms with E-state index in [0.717, 1.165) is 6.42 Å². The highest BCUT2D eigenvalue weighted by Gasteiger charge is 2.21. The van der Waals surface area contributed by atoms with Crippen LogP contribution < -0.4 is 11.1 Å². The third-order valence-electron chi connectivity index (χ3n) is 3.26. The van der Waals surface area contributed by atoms with Crippen molar-refractivity contribution in [2.75, 3.05) is 11.1 Å². The Kier molecular flexibility index (Phi) is 3.14. The van der Waals surface area contributed by atoms with Crippen LogP contribution in [0, 0.1) is 0 Å². The molecule has 0 bridgehead atoms. The smallest absolute Gasteiger partial charge is 0.151 e. The predicted octanol–water partition coefficient (Wildman–Crippen LogP) is 3.87. The third-order valence-corrected chi connectivity index (χ3v) is 4.46. The number of fused-ring (bicyclic) bond motifs is 1. The summed E-state index contributed by atoms with van der Waals surface area (Å²) in [6.45, 7) is 0. The Morgan fingerprint density at radius 3 is 3.17 bits per heavy atom. The number of hydrogen-bond donors (Lipinski definition) is 2. The summed E-state index contributed by atoms with van der Waals surface area (Å²) in [5.74, 6) is 0.687.